The maximum absolute atomic E-state index is 9.14. The van der Waals surface area contributed by atoms with Gasteiger partial charge in [0.05, 0.1) is 18.8 Å². The van der Waals surface area contributed by atoms with Crippen LogP contribution < -0.4 is 0 Å². The lowest BCUT2D eigenvalue weighted by Gasteiger charge is -2.57. The second-order valence-corrected chi connectivity index (χ2v) is 6.21. The van der Waals surface area contributed by atoms with Crippen LogP contribution in [0.3, 0.4) is 0 Å². The highest BCUT2D eigenvalue weighted by Crippen LogP contribution is 2.57. The monoisotopic (exact) mass is 226 g/mol. The van der Waals surface area contributed by atoms with Crippen LogP contribution in [0.1, 0.15) is 38.5 Å². The molecule has 16 heavy (non-hydrogen) atoms. The molecule has 4 aliphatic carbocycles. The van der Waals surface area contributed by atoms with Crippen LogP contribution >= 0.6 is 0 Å². The number of hydrogen-bond donors (Lipinski definition) is 2. The van der Waals surface area contributed by atoms with Crippen molar-refractivity contribution in [2.24, 2.45) is 17.8 Å². The third-order valence-corrected chi connectivity index (χ3v) is 4.81. The molecule has 0 aromatic carbocycles. The highest BCUT2D eigenvalue weighted by Gasteiger charge is 2.52. The Bertz CT molecular complexity index is 225. The van der Waals surface area contributed by atoms with Crippen molar-refractivity contribution in [1.29, 1.82) is 0 Å². The summed E-state index contributed by atoms with van der Waals surface area (Å²) >= 11 is 0. The molecule has 0 aliphatic heterocycles. The molecule has 4 rings (SSSR count). The van der Waals surface area contributed by atoms with E-state index in [4.69, 9.17) is 14.9 Å². The van der Waals surface area contributed by atoms with E-state index in [0.717, 1.165) is 37.0 Å². The molecular weight excluding hydrogens is 204 g/mol. The van der Waals surface area contributed by atoms with E-state index in [9.17, 15) is 0 Å². The summed E-state index contributed by atoms with van der Waals surface area (Å²) in [5.41, 5.74) is 0.00484. The summed E-state index contributed by atoms with van der Waals surface area (Å²) in [6.07, 6.45) is 7.31. The fraction of sp³-hybridized carbons (Fsp3) is 1.00. The van der Waals surface area contributed by atoms with Crippen LogP contribution in [0.25, 0.3) is 0 Å². The molecule has 3 nitrogen and oxygen atoms in total. The summed E-state index contributed by atoms with van der Waals surface area (Å²) in [5.74, 6) is 2.55. The fourth-order valence-electron chi connectivity index (χ4n) is 4.66. The van der Waals surface area contributed by atoms with E-state index in [2.05, 4.69) is 0 Å². The van der Waals surface area contributed by atoms with Crippen molar-refractivity contribution in [1.82, 2.24) is 0 Å². The molecule has 0 heterocycles. The summed E-state index contributed by atoms with van der Waals surface area (Å²) in [6.45, 7) is -0.115. The first-order valence-corrected chi connectivity index (χ1v) is 6.62. The van der Waals surface area contributed by atoms with Gasteiger partial charge in [-0.2, -0.15) is 0 Å². The standard InChI is InChI=1S/C13H22O3/c14-7-12(8-15)16-13-4-9-1-10(5-13)3-11(2-9)6-13/h9-12,14-15H,1-8H2. The average molecular weight is 226 g/mol. The van der Waals surface area contributed by atoms with Crippen molar-refractivity contribution in [2.45, 2.75) is 50.2 Å². The number of aliphatic hydroxyl groups is 2. The molecule has 0 spiro atoms. The van der Waals surface area contributed by atoms with E-state index < -0.39 is 0 Å². The van der Waals surface area contributed by atoms with Crippen molar-refractivity contribution in [3.8, 4) is 0 Å². The van der Waals surface area contributed by atoms with Gasteiger partial charge in [-0.25, -0.2) is 0 Å². The lowest BCUT2D eigenvalue weighted by atomic mass is 9.54. The van der Waals surface area contributed by atoms with Crippen molar-refractivity contribution in [2.75, 3.05) is 13.2 Å². The molecule has 3 heteroatoms. The molecule has 4 bridgehead atoms. The van der Waals surface area contributed by atoms with Gasteiger partial charge in [0, 0.05) is 0 Å². The molecule has 0 radical (unpaired) electrons. The van der Waals surface area contributed by atoms with E-state index >= 15 is 0 Å². The quantitative estimate of drug-likeness (QED) is 0.760. The highest BCUT2D eigenvalue weighted by atomic mass is 16.5. The Balaban J connectivity index is 1.73. The zero-order chi connectivity index (χ0) is 11.2. The lowest BCUT2D eigenvalue weighted by molar-refractivity contribution is -0.201. The van der Waals surface area contributed by atoms with Crippen LogP contribution in [0.4, 0.5) is 0 Å². The Labute approximate surface area is 96.8 Å². The molecule has 0 aromatic rings. The lowest BCUT2D eigenvalue weighted by Crippen LogP contribution is -2.54. The zero-order valence-corrected chi connectivity index (χ0v) is 9.77. The summed E-state index contributed by atoms with van der Waals surface area (Å²) < 4.78 is 6.05. The number of hydrogen-bond acceptors (Lipinski definition) is 3. The normalized spacial score (nSPS) is 45.6. The van der Waals surface area contributed by atoms with Crippen LogP contribution in [-0.4, -0.2) is 35.1 Å². The van der Waals surface area contributed by atoms with Gasteiger partial charge in [0.1, 0.15) is 6.10 Å². The molecule has 0 unspecified atom stereocenters. The summed E-state index contributed by atoms with van der Waals surface area (Å²) in [7, 11) is 0. The molecular formula is C13H22O3. The fourth-order valence-corrected chi connectivity index (χ4v) is 4.66. The van der Waals surface area contributed by atoms with Gasteiger partial charge >= 0.3 is 0 Å². The third kappa shape index (κ3) is 1.79. The molecule has 0 aromatic heterocycles. The van der Waals surface area contributed by atoms with Crippen LogP contribution in [0.5, 0.6) is 0 Å². The first-order chi connectivity index (χ1) is 7.73. The van der Waals surface area contributed by atoms with E-state index in [1.807, 2.05) is 0 Å². The van der Waals surface area contributed by atoms with E-state index in [0.29, 0.717) is 0 Å². The van der Waals surface area contributed by atoms with Crippen molar-refractivity contribution in [3.63, 3.8) is 0 Å². The maximum Gasteiger partial charge on any atom is 0.104 e. The Morgan fingerprint density at radius 2 is 1.38 bits per heavy atom. The third-order valence-electron chi connectivity index (χ3n) is 4.81. The largest absolute Gasteiger partial charge is 0.394 e. The van der Waals surface area contributed by atoms with Crippen molar-refractivity contribution < 1.29 is 14.9 Å². The molecule has 4 saturated carbocycles. The van der Waals surface area contributed by atoms with Gasteiger partial charge < -0.3 is 14.9 Å². The van der Waals surface area contributed by atoms with Crippen LogP contribution in [0.15, 0.2) is 0 Å². The van der Waals surface area contributed by atoms with Gasteiger partial charge in [-0.05, 0) is 56.3 Å². The summed E-state index contributed by atoms with van der Waals surface area (Å²) in [5, 5.41) is 18.3. The number of ether oxygens (including phenoxy) is 1. The molecule has 92 valence electrons. The Hall–Kier alpha value is -0.120. The maximum atomic E-state index is 9.14. The molecule has 0 saturated heterocycles. The van der Waals surface area contributed by atoms with E-state index in [-0.39, 0.29) is 24.9 Å². The topological polar surface area (TPSA) is 49.7 Å². The Kier molecular flexibility index (Phi) is 2.73. The minimum Gasteiger partial charge on any atom is -0.394 e. The molecule has 4 fully saturated rings. The molecule has 2 N–H and O–H groups in total. The smallest absolute Gasteiger partial charge is 0.104 e. The van der Waals surface area contributed by atoms with E-state index in [1.165, 1.54) is 19.3 Å². The van der Waals surface area contributed by atoms with Gasteiger partial charge in [-0.15, -0.1) is 0 Å². The second kappa shape index (κ2) is 3.97. The first kappa shape index (κ1) is 11.0. The zero-order valence-electron chi connectivity index (χ0n) is 9.77. The minimum atomic E-state index is -0.365. The van der Waals surface area contributed by atoms with Crippen LogP contribution in [-0.2, 0) is 4.74 Å². The highest BCUT2D eigenvalue weighted by molar-refractivity contribution is 5.03. The van der Waals surface area contributed by atoms with Gasteiger partial charge in [0.15, 0.2) is 0 Å². The Morgan fingerprint density at radius 1 is 0.938 bits per heavy atom. The predicted octanol–water partition coefficient (Wildman–Crippen LogP) is 1.32. The van der Waals surface area contributed by atoms with Gasteiger partial charge in [0.25, 0.3) is 0 Å². The Morgan fingerprint density at radius 3 is 1.75 bits per heavy atom. The first-order valence-electron chi connectivity index (χ1n) is 6.62. The minimum absolute atomic E-state index is 0.00484. The van der Waals surface area contributed by atoms with Crippen molar-refractivity contribution >= 4 is 0 Å². The SMILES string of the molecule is OCC(CO)OC12CC3CC(CC(C3)C1)C2. The van der Waals surface area contributed by atoms with Crippen LogP contribution in [0.2, 0.25) is 0 Å². The predicted molar refractivity (Wildman–Crippen MR) is 59.9 cm³/mol. The summed E-state index contributed by atoms with van der Waals surface area (Å²) in [4.78, 5) is 0. The number of aliphatic hydroxyl groups excluding tert-OH is 2. The summed E-state index contributed by atoms with van der Waals surface area (Å²) in [6, 6.07) is 0. The van der Waals surface area contributed by atoms with Crippen molar-refractivity contribution in [3.05, 3.63) is 0 Å². The van der Waals surface area contributed by atoms with Gasteiger partial charge in [0.2, 0.25) is 0 Å². The number of rotatable bonds is 4. The van der Waals surface area contributed by atoms with Gasteiger partial charge in [-0.3, -0.25) is 0 Å². The molecule has 4 aliphatic rings. The van der Waals surface area contributed by atoms with Gasteiger partial charge in [-0.1, -0.05) is 0 Å². The average Bonchev–Trinajstić information content (AvgIpc) is 2.24. The molecule has 0 atom stereocenters. The van der Waals surface area contributed by atoms with E-state index in [1.54, 1.807) is 0 Å². The van der Waals surface area contributed by atoms with Crippen LogP contribution in [0, 0.1) is 17.8 Å². The molecule has 0 amide bonds. The second-order valence-electron chi connectivity index (χ2n) is 6.21.